The molecule has 0 atom stereocenters. The van der Waals surface area contributed by atoms with E-state index in [0.717, 1.165) is 5.56 Å². The minimum atomic E-state index is -0.562. The minimum absolute atomic E-state index is 0. The maximum atomic E-state index is 11.6. The van der Waals surface area contributed by atoms with Gasteiger partial charge in [0.1, 0.15) is 5.75 Å². The number of amides is 1. The molecule has 4 nitrogen and oxygen atoms in total. The van der Waals surface area contributed by atoms with Gasteiger partial charge < -0.3 is 17.1 Å². The number of carbonyl (C=O) groups is 1. The molecule has 19 heavy (non-hydrogen) atoms. The van der Waals surface area contributed by atoms with Gasteiger partial charge in [0.2, 0.25) is 0 Å². The van der Waals surface area contributed by atoms with Crippen LogP contribution >= 0.6 is 11.6 Å². The van der Waals surface area contributed by atoms with Crippen molar-refractivity contribution in [3.05, 3.63) is 59.4 Å². The Morgan fingerprint density at radius 2 is 1.95 bits per heavy atom. The summed E-state index contributed by atoms with van der Waals surface area (Å²) in [5.41, 5.74) is 3.40. The molecule has 0 aliphatic carbocycles. The Morgan fingerprint density at radius 1 is 1.26 bits per heavy atom. The average Bonchev–Trinajstić information content (AvgIpc) is 2.35. The number of aryl methyl sites for hydroxylation is 1. The average molecular weight is 299 g/mol. The number of pyridine rings is 1. The summed E-state index contributed by atoms with van der Waals surface area (Å²) in [6.45, 7) is 1.85. The van der Waals surface area contributed by atoms with Gasteiger partial charge in [-0.3, -0.25) is 0 Å². The molecule has 100 valence electrons. The summed E-state index contributed by atoms with van der Waals surface area (Å²) >= 11 is 5.89. The second-order valence-corrected chi connectivity index (χ2v) is 4.10. The van der Waals surface area contributed by atoms with Crippen LogP contribution < -0.4 is 27.2 Å². The zero-order valence-corrected chi connectivity index (χ0v) is 11.7. The number of carbonyl (C=O) groups excluding carboxylic acids is 1. The van der Waals surface area contributed by atoms with Gasteiger partial charge in [-0.15, -0.1) is 0 Å². The van der Waals surface area contributed by atoms with Crippen molar-refractivity contribution in [3.63, 3.8) is 0 Å². The van der Waals surface area contributed by atoms with Gasteiger partial charge in [-0.05, 0) is 30.7 Å². The van der Waals surface area contributed by atoms with Crippen molar-refractivity contribution in [2.45, 2.75) is 6.92 Å². The summed E-state index contributed by atoms with van der Waals surface area (Å²) in [7, 11) is 0. The fourth-order valence-corrected chi connectivity index (χ4v) is 1.51. The van der Waals surface area contributed by atoms with Crippen molar-refractivity contribution < 1.29 is 26.6 Å². The first-order valence-electron chi connectivity index (χ1n) is 5.36. The molecule has 2 rings (SSSR count). The summed E-state index contributed by atoms with van der Waals surface area (Å²) in [6, 6.07) is 10.5. The predicted octanol–water partition coefficient (Wildman–Crippen LogP) is -0.318. The number of hydrogen-bond donors (Lipinski definition) is 1. The molecule has 0 radical (unpaired) electrons. The van der Waals surface area contributed by atoms with Crippen LogP contribution in [0.1, 0.15) is 5.56 Å². The van der Waals surface area contributed by atoms with Gasteiger partial charge in [0.05, 0.1) is 0 Å². The lowest BCUT2D eigenvalue weighted by atomic mass is 10.2. The molecule has 1 aromatic heterocycles. The number of rotatable bonds is 2. The Labute approximate surface area is 122 Å². The first-order chi connectivity index (χ1) is 8.65. The SMILES string of the molecule is Cc1cc(OC(=O)N[n+]2ccccc2)ccc1Cl.[Cl-]. The normalized spacial score (nSPS) is 9.37. The maximum Gasteiger partial charge on any atom is 0.466 e. The smallest absolute Gasteiger partial charge is 0.466 e. The van der Waals surface area contributed by atoms with Crippen LogP contribution in [-0.2, 0) is 0 Å². The molecule has 0 saturated carbocycles. The molecule has 0 aliphatic heterocycles. The number of ether oxygens (including phenoxy) is 1. The zero-order valence-electron chi connectivity index (χ0n) is 10.1. The Balaban J connectivity index is 0.00000180. The van der Waals surface area contributed by atoms with Crippen molar-refractivity contribution >= 4 is 17.7 Å². The summed E-state index contributed by atoms with van der Waals surface area (Å²) in [6.07, 6.45) is 2.84. The molecule has 2 aromatic rings. The summed E-state index contributed by atoms with van der Waals surface area (Å²) in [4.78, 5) is 11.6. The lowest BCUT2D eigenvalue weighted by molar-refractivity contribution is -0.642. The van der Waals surface area contributed by atoms with Crippen molar-refractivity contribution in [1.29, 1.82) is 0 Å². The van der Waals surface area contributed by atoms with Crippen molar-refractivity contribution in [2.24, 2.45) is 0 Å². The molecule has 0 aliphatic rings. The first-order valence-corrected chi connectivity index (χ1v) is 5.74. The molecule has 0 saturated heterocycles. The molecule has 0 spiro atoms. The number of hydrogen-bond acceptors (Lipinski definition) is 2. The standard InChI is InChI=1S/C13H11ClN2O2.ClH/c1-10-9-11(5-6-12(10)14)18-13(17)15-16-7-3-2-4-8-16;/h2-9H,1H3;1H. The topological polar surface area (TPSA) is 42.2 Å². The third-order valence-electron chi connectivity index (χ3n) is 2.28. The van der Waals surface area contributed by atoms with E-state index >= 15 is 0 Å². The highest BCUT2D eigenvalue weighted by Gasteiger charge is 2.09. The molecule has 1 heterocycles. The Morgan fingerprint density at radius 3 is 2.58 bits per heavy atom. The van der Waals surface area contributed by atoms with Crippen LogP contribution in [0.5, 0.6) is 5.75 Å². The molecular weight excluding hydrogens is 287 g/mol. The molecule has 1 aromatic carbocycles. The lowest BCUT2D eigenvalue weighted by Gasteiger charge is -2.04. The highest BCUT2D eigenvalue weighted by Crippen LogP contribution is 2.20. The maximum absolute atomic E-state index is 11.6. The first kappa shape index (κ1) is 15.3. The minimum Gasteiger partial charge on any atom is -1.00 e. The fourth-order valence-electron chi connectivity index (χ4n) is 1.39. The molecule has 6 heteroatoms. The molecular formula is C13H12Cl2N2O2. The summed E-state index contributed by atoms with van der Waals surface area (Å²) in [5, 5.41) is 0.639. The third-order valence-corrected chi connectivity index (χ3v) is 2.70. The Kier molecular flexibility index (Phi) is 5.60. The molecule has 1 amide bonds. The van der Waals surface area contributed by atoms with Gasteiger partial charge in [0.25, 0.3) is 0 Å². The van der Waals surface area contributed by atoms with Gasteiger partial charge in [0.15, 0.2) is 12.4 Å². The van der Waals surface area contributed by atoms with Crippen molar-refractivity contribution in [3.8, 4) is 5.75 Å². The number of halogens is 2. The van der Waals surface area contributed by atoms with Crippen molar-refractivity contribution in [2.75, 3.05) is 5.43 Å². The van der Waals surface area contributed by atoms with E-state index in [1.165, 1.54) is 4.68 Å². The van der Waals surface area contributed by atoms with Gasteiger partial charge in [-0.25, -0.2) is 4.79 Å². The van der Waals surface area contributed by atoms with Crippen LogP contribution in [0, 0.1) is 6.92 Å². The Bertz CT molecular complexity index is 562. The monoisotopic (exact) mass is 298 g/mol. The fraction of sp³-hybridized carbons (Fsp3) is 0.0769. The number of aromatic nitrogens is 1. The van der Waals surface area contributed by atoms with Gasteiger partial charge >= 0.3 is 6.09 Å². The van der Waals surface area contributed by atoms with E-state index in [2.05, 4.69) is 5.43 Å². The van der Waals surface area contributed by atoms with Gasteiger partial charge in [-0.1, -0.05) is 27.8 Å². The Hall–Kier alpha value is -1.78. The van der Waals surface area contributed by atoms with Crippen molar-refractivity contribution in [1.82, 2.24) is 0 Å². The lowest BCUT2D eigenvalue weighted by Crippen LogP contribution is -3.00. The van der Waals surface area contributed by atoms with Crippen LogP contribution in [0.4, 0.5) is 4.79 Å². The number of nitrogens with one attached hydrogen (secondary N) is 1. The van der Waals surface area contributed by atoms with E-state index in [1.807, 2.05) is 13.0 Å². The van der Waals surface area contributed by atoms with E-state index in [9.17, 15) is 4.79 Å². The van der Waals surface area contributed by atoms with E-state index in [1.54, 1.807) is 42.7 Å². The second-order valence-electron chi connectivity index (χ2n) is 3.70. The highest BCUT2D eigenvalue weighted by atomic mass is 35.5. The second kappa shape index (κ2) is 6.97. The van der Waals surface area contributed by atoms with Crippen LogP contribution in [0.25, 0.3) is 0 Å². The van der Waals surface area contributed by atoms with Crippen LogP contribution in [0.15, 0.2) is 48.8 Å². The molecule has 1 N–H and O–H groups in total. The van der Waals surface area contributed by atoms with Crippen LogP contribution in [-0.4, -0.2) is 6.09 Å². The third kappa shape index (κ3) is 4.43. The van der Waals surface area contributed by atoms with E-state index in [4.69, 9.17) is 16.3 Å². The van der Waals surface area contributed by atoms with E-state index < -0.39 is 6.09 Å². The zero-order chi connectivity index (χ0) is 13.0. The van der Waals surface area contributed by atoms with E-state index in [0.29, 0.717) is 10.8 Å². The number of benzene rings is 1. The largest absolute Gasteiger partial charge is 1.00 e. The van der Waals surface area contributed by atoms with Gasteiger partial charge in [-0.2, -0.15) is 0 Å². The predicted molar refractivity (Wildman–Crippen MR) is 68.2 cm³/mol. The quantitative estimate of drug-likeness (QED) is 0.773. The van der Waals surface area contributed by atoms with E-state index in [-0.39, 0.29) is 12.4 Å². The molecule has 0 fully saturated rings. The highest BCUT2D eigenvalue weighted by molar-refractivity contribution is 6.31. The van der Waals surface area contributed by atoms with Crippen LogP contribution in [0.2, 0.25) is 5.02 Å². The summed E-state index contributed by atoms with van der Waals surface area (Å²) in [5.74, 6) is 0.450. The van der Waals surface area contributed by atoms with Crippen LogP contribution in [0.3, 0.4) is 0 Å². The summed E-state index contributed by atoms with van der Waals surface area (Å²) < 4.78 is 6.63. The molecule has 0 unspecified atom stereocenters. The van der Waals surface area contributed by atoms with Gasteiger partial charge in [0, 0.05) is 17.2 Å². The molecule has 0 bridgehead atoms. The number of nitrogens with zero attached hydrogens (tertiary/aromatic N) is 1.